The lowest BCUT2D eigenvalue weighted by molar-refractivity contribution is -0.164. The largest absolute Gasteiger partial charge is 0.417 e. The molecule has 0 bridgehead atoms. The molecule has 0 aliphatic carbocycles. The zero-order valence-corrected chi connectivity index (χ0v) is 9.40. The van der Waals surface area contributed by atoms with Gasteiger partial charge in [-0.25, -0.2) is 0 Å². The summed E-state index contributed by atoms with van der Waals surface area (Å²) in [6, 6.07) is -0.875. The normalized spacial score (nSPS) is 13.8. The predicted molar refractivity (Wildman–Crippen MR) is 48.7 cm³/mol. The van der Waals surface area contributed by atoms with Crippen LogP contribution >= 0.6 is 12.6 Å². The first-order valence-electron chi connectivity index (χ1n) is 4.33. The third-order valence-electron chi connectivity index (χ3n) is 2.05. The van der Waals surface area contributed by atoms with Gasteiger partial charge in [0.15, 0.2) is 0 Å². The second-order valence-electron chi connectivity index (χ2n) is 3.41. The van der Waals surface area contributed by atoms with Gasteiger partial charge in [0.2, 0.25) is 0 Å². The molecule has 0 N–H and O–H groups in total. The van der Waals surface area contributed by atoms with Crippen molar-refractivity contribution in [2.45, 2.75) is 23.4 Å². The Hall–Kier alpha value is -1.06. The van der Waals surface area contributed by atoms with Gasteiger partial charge in [0.1, 0.15) is 0 Å². The first-order valence-corrected chi connectivity index (χ1v) is 4.78. The number of thiol groups is 1. The number of rotatable bonds is 0. The minimum atomic E-state index is -5.56. The minimum Gasteiger partial charge on any atom is -0.166 e. The van der Waals surface area contributed by atoms with Crippen molar-refractivity contribution in [1.29, 1.82) is 0 Å². The summed E-state index contributed by atoms with van der Waals surface area (Å²) in [5.74, 6) is 0. The molecule has 1 aromatic rings. The van der Waals surface area contributed by atoms with Crippen molar-refractivity contribution in [3.63, 3.8) is 0 Å². The zero-order chi connectivity index (χ0) is 15.2. The smallest absolute Gasteiger partial charge is 0.166 e. The molecule has 0 saturated heterocycles. The van der Waals surface area contributed by atoms with Crippen molar-refractivity contribution in [1.82, 2.24) is 0 Å². The van der Waals surface area contributed by atoms with Crippen molar-refractivity contribution >= 4 is 12.6 Å². The molecule has 0 aliphatic heterocycles. The summed E-state index contributed by atoms with van der Waals surface area (Å²) < 4.78 is 111. The van der Waals surface area contributed by atoms with E-state index in [-0.39, 0.29) is 6.07 Å². The van der Waals surface area contributed by atoms with E-state index in [1.807, 2.05) is 0 Å². The third-order valence-corrected chi connectivity index (χ3v) is 2.42. The molecule has 0 radical (unpaired) electrons. The first-order chi connectivity index (χ1) is 8.24. The van der Waals surface area contributed by atoms with Crippen LogP contribution in [0.2, 0.25) is 0 Å². The molecule has 0 aromatic heterocycles. The SMILES string of the molecule is FC(F)(F)c1cc(C(F)(F)F)c(C(F)(F)F)cc1S. The van der Waals surface area contributed by atoms with Gasteiger partial charge in [-0.1, -0.05) is 0 Å². The summed E-state index contributed by atoms with van der Waals surface area (Å²) in [7, 11) is 0. The van der Waals surface area contributed by atoms with Crippen molar-refractivity contribution in [3.8, 4) is 0 Å². The third kappa shape index (κ3) is 3.48. The standard InChI is InChI=1S/C9H3F9S/c10-7(11,12)3-1-5(9(16,17)18)6(19)2-4(3)8(13,14)15/h1-2,19H. The first kappa shape index (κ1) is 16.0. The van der Waals surface area contributed by atoms with Crippen molar-refractivity contribution < 1.29 is 39.5 Å². The minimum absolute atomic E-state index is 0.283. The van der Waals surface area contributed by atoms with Crippen LogP contribution in [-0.4, -0.2) is 0 Å². The Morgan fingerprint density at radius 3 is 1.21 bits per heavy atom. The fourth-order valence-corrected chi connectivity index (χ4v) is 1.60. The molecule has 0 atom stereocenters. The molecule has 0 saturated carbocycles. The highest BCUT2D eigenvalue weighted by molar-refractivity contribution is 7.80. The maximum absolute atomic E-state index is 12.4. The van der Waals surface area contributed by atoms with Crippen molar-refractivity contribution in [2.75, 3.05) is 0 Å². The van der Waals surface area contributed by atoms with Gasteiger partial charge in [-0.05, 0) is 12.1 Å². The van der Waals surface area contributed by atoms with Gasteiger partial charge in [0.05, 0.1) is 16.7 Å². The molecule has 10 heteroatoms. The molecule has 108 valence electrons. The van der Waals surface area contributed by atoms with Gasteiger partial charge >= 0.3 is 18.5 Å². The maximum Gasteiger partial charge on any atom is 0.417 e. The molecule has 0 heterocycles. The van der Waals surface area contributed by atoms with Gasteiger partial charge in [-0.15, -0.1) is 12.6 Å². The van der Waals surface area contributed by atoms with Crippen LogP contribution in [0.25, 0.3) is 0 Å². The summed E-state index contributed by atoms with van der Waals surface area (Å²) in [6.45, 7) is 0. The van der Waals surface area contributed by atoms with E-state index in [4.69, 9.17) is 0 Å². The average Bonchev–Trinajstić information content (AvgIpc) is 2.11. The highest BCUT2D eigenvalue weighted by atomic mass is 32.1. The summed E-state index contributed by atoms with van der Waals surface area (Å²) in [6.07, 6.45) is -16.2. The van der Waals surface area contributed by atoms with E-state index in [1.54, 1.807) is 0 Å². The zero-order valence-electron chi connectivity index (χ0n) is 8.50. The average molecular weight is 314 g/mol. The van der Waals surface area contributed by atoms with Crippen LogP contribution in [-0.2, 0) is 18.5 Å². The molecular formula is C9H3F9S. The van der Waals surface area contributed by atoms with Crippen molar-refractivity contribution in [2.24, 2.45) is 0 Å². The lowest BCUT2D eigenvalue weighted by atomic mass is 10.0. The summed E-state index contributed by atoms with van der Waals surface area (Å²) >= 11 is 3.15. The molecule has 0 spiro atoms. The van der Waals surface area contributed by atoms with Crippen LogP contribution in [0.1, 0.15) is 16.7 Å². The van der Waals surface area contributed by atoms with E-state index < -0.39 is 46.2 Å². The Labute approximate surface area is 105 Å². The van der Waals surface area contributed by atoms with Gasteiger partial charge in [0.25, 0.3) is 0 Å². The van der Waals surface area contributed by atoms with Gasteiger partial charge in [0, 0.05) is 4.90 Å². The van der Waals surface area contributed by atoms with E-state index in [1.165, 1.54) is 0 Å². The lowest BCUT2D eigenvalue weighted by Gasteiger charge is -2.19. The van der Waals surface area contributed by atoms with Crippen LogP contribution in [0.4, 0.5) is 39.5 Å². The van der Waals surface area contributed by atoms with Crippen LogP contribution in [0, 0.1) is 0 Å². The van der Waals surface area contributed by atoms with Gasteiger partial charge in [-0.3, -0.25) is 0 Å². The molecule has 0 nitrogen and oxygen atoms in total. The highest BCUT2D eigenvalue weighted by Gasteiger charge is 2.46. The van der Waals surface area contributed by atoms with E-state index in [9.17, 15) is 39.5 Å². The van der Waals surface area contributed by atoms with Crippen LogP contribution in [0.15, 0.2) is 17.0 Å². The predicted octanol–water partition coefficient (Wildman–Crippen LogP) is 5.03. The van der Waals surface area contributed by atoms with E-state index in [0.29, 0.717) is 0 Å². The van der Waals surface area contributed by atoms with Crippen LogP contribution in [0.5, 0.6) is 0 Å². The molecule has 0 aliphatic rings. The Bertz CT molecular complexity index is 480. The second-order valence-corrected chi connectivity index (χ2v) is 3.89. The number of alkyl halides is 9. The van der Waals surface area contributed by atoms with E-state index in [0.717, 1.165) is 0 Å². The maximum atomic E-state index is 12.4. The van der Waals surface area contributed by atoms with Crippen LogP contribution in [0.3, 0.4) is 0 Å². The number of benzene rings is 1. The number of hydrogen-bond donors (Lipinski definition) is 1. The van der Waals surface area contributed by atoms with Gasteiger partial charge in [-0.2, -0.15) is 39.5 Å². The Kier molecular flexibility index (Phi) is 3.79. The quantitative estimate of drug-likeness (QED) is 0.504. The Morgan fingerprint density at radius 1 is 0.579 bits per heavy atom. The van der Waals surface area contributed by atoms with Crippen LogP contribution < -0.4 is 0 Å². The fourth-order valence-electron chi connectivity index (χ4n) is 1.28. The molecule has 0 amide bonds. The number of halogens is 9. The summed E-state index contributed by atoms with van der Waals surface area (Å²) in [5, 5.41) is 0. The molecule has 19 heavy (non-hydrogen) atoms. The molecule has 1 rings (SSSR count). The van der Waals surface area contributed by atoms with Crippen molar-refractivity contribution in [3.05, 3.63) is 28.8 Å². The topological polar surface area (TPSA) is 0 Å². The summed E-state index contributed by atoms with van der Waals surface area (Å²) in [5.41, 5.74) is -6.49. The number of hydrogen-bond acceptors (Lipinski definition) is 1. The van der Waals surface area contributed by atoms with E-state index >= 15 is 0 Å². The van der Waals surface area contributed by atoms with E-state index in [2.05, 4.69) is 12.6 Å². The molecule has 0 unspecified atom stereocenters. The second kappa shape index (κ2) is 4.50. The van der Waals surface area contributed by atoms with Gasteiger partial charge < -0.3 is 0 Å². The molecule has 0 fully saturated rings. The fraction of sp³-hybridized carbons (Fsp3) is 0.333. The Balaban J connectivity index is 3.66. The molecule has 1 aromatic carbocycles. The molecular weight excluding hydrogens is 311 g/mol. The Morgan fingerprint density at radius 2 is 0.895 bits per heavy atom. The lowest BCUT2D eigenvalue weighted by Crippen LogP contribution is -2.19. The monoisotopic (exact) mass is 314 g/mol. The highest BCUT2D eigenvalue weighted by Crippen LogP contribution is 2.45. The summed E-state index contributed by atoms with van der Waals surface area (Å²) in [4.78, 5) is -1.23.